The van der Waals surface area contributed by atoms with Crippen LogP contribution in [0.4, 0.5) is 4.39 Å². The Morgan fingerprint density at radius 2 is 1.91 bits per heavy atom. The van der Waals surface area contributed by atoms with Crippen molar-refractivity contribution in [1.29, 1.82) is 0 Å². The van der Waals surface area contributed by atoms with Gasteiger partial charge in [-0.1, -0.05) is 19.4 Å². The molecule has 128 valence electrons. The predicted octanol–water partition coefficient (Wildman–Crippen LogP) is 2.80. The molecule has 0 saturated heterocycles. The molecule has 4 heteroatoms. The number of hydrogen-bond acceptors (Lipinski definition) is 3. The van der Waals surface area contributed by atoms with Crippen LogP contribution in [-0.2, 0) is 4.79 Å². The van der Waals surface area contributed by atoms with Crippen LogP contribution in [0.1, 0.15) is 52.4 Å². The molecule has 0 spiro atoms. The minimum absolute atomic E-state index is 0.131. The average Bonchev–Trinajstić information content (AvgIpc) is 2.82. The van der Waals surface area contributed by atoms with Crippen LogP contribution in [0.25, 0.3) is 0 Å². The Balaban J connectivity index is 1.78. The number of aliphatic hydroxyl groups excluding tert-OH is 2. The van der Waals surface area contributed by atoms with Crippen molar-refractivity contribution in [2.24, 2.45) is 28.6 Å². The number of alkyl halides is 1. The molecule has 23 heavy (non-hydrogen) atoms. The maximum atomic E-state index is 15.2. The summed E-state index contributed by atoms with van der Waals surface area (Å²) in [4.78, 5) is 11.8. The Labute approximate surface area is 137 Å². The summed E-state index contributed by atoms with van der Waals surface area (Å²) in [6, 6.07) is 0. The number of carbonyl (C=O) groups is 1. The van der Waals surface area contributed by atoms with Gasteiger partial charge in [0, 0.05) is 11.8 Å². The van der Waals surface area contributed by atoms with Crippen LogP contribution >= 0.6 is 0 Å². The second-order valence-corrected chi connectivity index (χ2v) is 8.74. The maximum absolute atomic E-state index is 15.2. The molecular weight excluding hydrogens is 295 g/mol. The smallest absolute Gasteiger partial charge is 0.155 e. The van der Waals surface area contributed by atoms with E-state index in [2.05, 4.69) is 6.92 Å². The van der Waals surface area contributed by atoms with Gasteiger partial charge in [0.2, 0.25) is 0 Å². The molecule has 4 aliphatic carbocycles. The number of rotatable bonds is 0. The van der Waals surface area contributed by atoms with Crippen molar-refractivity contribution in [2.45, 2.75) is 70.8 Å². The lowest BCUT2D eigenvalue weighted by Crippen LogP contribution is -2.63. The molecule has 8 unspecified atom stereocenters. The monoisotopic (exact) mass is 322 g/mol. The van der Waals surface area contributed by atoms with E-state index < -0.39 is 23.8 Å². The maximum Gasteiger partial charge on any atom is 0.155 e. The molecule has 0 aromatic carbocycles. The lowest BCUT2D eigenvalue weighted by Gasteiger charge is -2.60. The lowest BCUT2D eigenvalue weighted by molar-refractivity contribution is -0.187. The largest absolute Gasteiger partial charge is 0.392 e. The van der Waals surface area contributed by atoms with Gasteiger partial charge in [-0.25, -0.2) is 4.39 Å². The first-order chi connectivity index (χ1) is 10.8. The second kappa shape index (κ2) is 4.89. The molecule has 4 aliphatic rings. The molecule has 4 rings (SSSR count). The number of aliphatic hydroxyl groups is 2. The topological polar surface area (TPSA) is 57.5 Å². The van der Waals surface area contributed by atoms with E-state index in [1.807, 2.05) is 6.92 Å². The van der Waals surface area contributed by atoms with Crippen LogP contribution in [-0.4, -0.2) is 34.4 Å². The van der Waals surface area contributed by atoms with Gasteiger partial charge in [-0.2, -0.15) is 0 Å². The summed E-state index contributed by atoms with van der Waals surface area (Å²) in [5.74, 6) is 0.416. The van der Waals surface area contributed by atoms with Gasteiger partial charge in [0.15, 0.2) is 5.78 Å². The predicted molar refractivity (Wildman–Crippen MR) is 84.4 cm³/mol. The van der Waals surface area contributed by atoms with Crippen molar-refractivity contribution in [1.82, 2.24) is 0 Å². The fourth-order valence-electron chi connectivity index (χ4n) is 6.59. The van der Waals surface area contributed by atoms with Crippen LogP contribution in [0.3, 0.4) is 0 Å². The van der Waals surface area contributed by atoms with E-state index in [9.17, 15) is 15.0 Å². The molecule has 3 saturated carbocycles. The molecule has 0 heterocycles. The van der Waals surface area contributed by atoms with E-state index in [1.165, 1.54) is 0 Å². The Kier molecular flexibility index (Phi) is 3.35. The minimum Gasteiger partial charge on any atom is -0.392 e. The number of halogens is 1. The molecule has 2 N–H and O–H groups in total. The van der Waals surface area contributed by atoms with Gasteiger partial charge < -0.3 is 10.2 Å². The summed E-state index contributed by atoms with van der Waals surface area (Å²) in [5, 5.41) is 21.3. The van der Waals surface area contributed by atoms with Crippen LogP contribution in [0.2, 0.25) is 0 Å². The van der Waals surface area contributed by atoms with Crippen molar-refractivity contribution in [3.05, 3.63) is 11.6 Å². The highest BCUT2D eigenvalue weighted by molar-refractivity contribution is 5.91. The van der Waals surface area contributed by atoms with Gasteiger partial charge in [0.25, 0.3) is 0 Å². The van der Waals surface area contributed by atoms with Crippen LogP contribution < -0.4 is 0 Å². The quantitative estimate of drug-likeness (QED) is 0.721. The van der Waals surface area contributed by atoms with Crippen molar-refractivity contribution < 1.29 is 19.4 Å². The number of allylic oxidation sites excluding steroid dienone is 1. The number of hydrogen-bond donors (Lipinski definition) is 2. The summed E-state index contributed by atoms with van der Waals surface area (Å²) < 4.78 is 15.2. The summed E-state index contributed by atoms with van der Waals surface area (Å²) in [5.41, 5.74) is 0.0290. The molecular formula is C19H27FO3. The van der Waals surface area contributed by atoms with E-state index in [0.717, 1.165) is 24.8 Å². The summed E-state index contributed by atoms with van der Waals surface area (Å²) in [7, 11) is 0. The summed E-state index contributed by atoms with van der Waals surface area (Å²) in [6.45, 7) is 3.95. The van der Waals surface area contributed by atoms with Gasteiger partial charge in [-0.3, -0.25) is 4.79 Å². The van der Waals surface area contributed by atoms with E-state index in [1.54, 1.807) is 6.08 Å². The van der Waals surface area contributed by atoms with Crippen LogP contribution in [0.5, 0.6) is 0 Å². The molecule has 0 radical (unpaired) electrons. The second-order valence-electron chi connectivity index (χ2n) is 8.74. The third-order valence-corrected chi connectivity index (χ3v) is 7.95. The molecule has 0 aliphatic heterocycles. The van der Waals surface area contributed by atoms with Crippen LogP contribution in [0, 0.1) is 28.6 Å². The van der Waals surface area contributed by atoms with Gasteiger partial charge >= 0.3 is 0 Å². The van der Waals surface area contributed by atoms with E-state index in [4.69, 9.17) is 0 Å². The fourth-order valence-corrected chi connectivity index (χ4v) is 6.59. The zero-order valence-corrected chi connectivity index (χ0v) is 14.0. The SMILES string of the molecule is CC12CCC(=O)C=C1CCC1C2C(O)C(F)C2(C)C(O)CCC12. The Morgan fingerprint density at radius 1 is 1.17 bits per heavy atom. The van der Waals surface area contributed by atoms with E-state index >= 15 is 4.39 Å². The summed E-state index contributed by atoms with van der Waals surface area (Å²) in [6.07, 6.45) is 3.14. The number of fused-ring (bicyclic) bond motifs is 5. The first-order valence-corrected chi connectivity index (χ1v) is 9.04. The molecule has 0 amide bonds. The standard InChI is InChI=1S/C19H27FO3/c1-18-8-7-11(21)9-10(18)3-4-12-13-5-6-14(22)19(13,2)17(20)16(23)15(12)18/h9,12-17,22-23H,3-8H2,1-2H3. The highest BCUT2D eigenvalue weighted by Gasteiger charge is 2.66. The first-order valence-electron chi connectivity index (χ1n) is 9.04. The van der Waals surface area contributed by atoms with Gasteiger partial charge in [-0.05, 0) is 61.3 Å². The Hall–Kier alpha value is -0.740. The molecule has 8 atom stereocenters. The van der Waals surface area contributed by atoms with Crippen molar-refractivity contribution in [2.75, 3.05) is 0 Å². The highest BCUT2D eigenvalue weighted by Crippen LogP contribution is 2.65. The third kappa shape index (κ3) is 1.85. The Bertz CT molecular complexity index is 573. The zero-order valence-electron chi connectivity index (χ0n) is 14.0. The minimum atomic E-state index is -1.39. The van der Waals surface area contributed by atoms with Gasteiger partial charge in [-0.15, -0.1) is 0 Å². The van der Waals surface area contributed by atoms with Gasteiger partial charge in [0.1, 0.15) is 6.17 Å². The first kappa shape index (κ1) is 15.8. The Morgan fingerprint density at radius 3 is 2.65 bits per heavy atom. The summed E-state index contributed by atoms with van der Waals surface area (Å²) >= 11 is 0. The number of ketones is 1. The molecule has 0 aromatic rings. The molecule has 0 bridgehead atoms. The highest BCUT2D eigenvalue weighted by atomic mass is 19.1. The lowest BCUT2D eigenvalue weighted by atomic mass is 9.46. The third-order valence-electron chi connectivity index (χ3n) is 7.95. The zero-order chi connectivity index (χ0) is 16.6. The molecule has 3 fully saturated rings. The van der Waals surface area contributed by atoms with Crippen molar-refractivity contribution >= 4 is 5.78 Å². The van der Waals surface area contributed by atoms with E-state index in [-0.39, 0.29) is 29.0 Å². The van der Waals surface area contributed by atoms with Crippen LogP contribution in [0.15, 0.2) is 11.6 Å². The average molecular weight is 322 g/mol. The van der Waals surface area contributed by atoms with Crippen molar-refractivity contribution in [3.63, 3.8) is 0 Å². The van der Waals surface area contributed by atoms with E-state index in [0.29, 0.717) is 19.3 Å². The van der Waals surface area contributed by atoms with Gasteiger partial charge in [0.05, 0.1) is 12.2 Å². The van der Waals surface area contributed by atoms with Crippen molar-refractivity contribution in [3.8, 4) is 0 Å². The fraction of sp³-hybridized carbons (Fsp3) is 0.842. The molecule has 0 aromatic heterocycles. The number of carbonyl (C=O) groups excluding carboxylic acids is 1. The molecule has 3 nitrogen and oxygen atoms in total. The normalized spacial score (nSPS) is 55.7.